The Balaban J connectivity index is 1.59. The minimum Gasteiger partial charge on any atom is -0.450 e. The summed E-state index contributed by atoms with van der Waals surface area (Å²) in [5.41, 5.74) is 2.12. The molecule has 2 aromatic rings. The molecule has 28 heavy (non-hydrogen) atoms. The molecule has 1 aliphatic heterocycles. The Hall–Kier alpha value is -2.86. The standard InChI is InChI=1S/C22H27N3O3/c1-2-28-22(27)25-15-13-24(14-16-25)17-20(26)23-21(18-9-5-3-6-10-18)19-11-7-4-8-12-19/h3-12,21H,2,13-17H2,1H3,(H,23,26)/p+1. The van der Waals surface area contributed by atoms with Crippen molar-refractivity contribution in [1.29, 1.82) is 0 Å². The summed E-state index contributed by atoms with van der Waals surface area (Å²) >= 11 is 0. The predicted octanol–water partition coefficient (Wildman–Crippen LogP) is 1.25. The smallest absolute Gasteiger partial charge is 0.410 e. The highest BCUT2D eigenvalue weighted by Gasteiger charge is 2.27. The molecule has 6 nitrogen and oxygen atoms in total. The van der Waals surface area contributed by atoms with Crippen LogP contribution in [-0.4, -0.2) is 56.2 Å². The number of amides is 2. The topological polar surface area (TPSA) is 63.1 Å². The number of quaternary nitrogens is 1. The second-order valence-electron chi connectivity index (χ2n) is 6.93. The van der Waals surface area contributed by atoms with Crippen LogP contribution in [-0.2, 0) is 9.53 Å². The highest BCUT2D eigenvalue weighted by Crippen LogP contribution is 2.21. The van der Waals surface area contributed by atoms with Gasteiger partial charge in [-0.15, -0.1) is 0 Å². The minimum absolute atomic E-state index is 0.0114. The highest BCUT2D eigenvalue weighted by atomic mass is 16.6. The normalized spacial score (nSPS) is 14.7. The lowest BCUT2D eigenvalue weighted by Gasteiger charge is -2.31. The van der Waals surface area contributed by atoms with Gasteiger partial charge in [-0.2, -0.15) is 0 Å². The molecule has 0 unspecified atom stereocenters. The van der Waals surface area contributed by atoms with Gasteiger partial charge in [0.25, 0.3) is 5.91 Å². The van der Waals surface area contributed by atoms with Crippen LogP contribution in [0, 0.1) is 0 Å². The lowest BCUT2D eigenvalue weighted by Crippen LogP contribution is -3.15. The van der Waals surface area contributed by atoms with Crippen LogP contribution >= 0.6 is 0 Å². The Morgan fingerprint density at radius 1 is 1.00 bits per heavy atom. The zero-order chi connectivity index (χ0) is 19.8. The van der Waals surface area contributed by atoms with E-state index < -0.39 is 0 Å². The van der Waals surface area contributed by atoms with Crippen molar-refractivity contribution in [3.8, 4) is 0 Å². The molecule has 6 heteroatoms. The van der Waals surface area contributed by atoms with Gasteiger partial charge in [-0.3, -0.25) is 9.69 Å². The van der Waals surface area contributed by atoms with E-state index in [1.54, 1.807) is 11.8 Å². The molecule has 1 fully saturated rings. The Labute approximate surface area is 166 Å². The summed E-state index contributed by atoms with van der Waals surface area (Å²) < 4.78 is 5.05. The van der Waals surface area contributed by atoms with Crippen molar-refractivity contribution in [2.24, 2.45) is 0 Å². The van der Waals surface area contributed by atoms with Gasteiger partial charge in [0.1, 0.15) is 0 Å². The predicted molar refractivity (Wildman–Crippen MR) is 107 cm³/mol. The van der Waals surface area contributed by atoms with Crippen LogP contribution in [0.5, 0.6) is 0 Å². The molecule has 3 rings (SSSR count). The van der Waals surface area contributed by atoms with Gasteiger partial charge in [-0.25, -0.2) is 4.79 Å². The Morgan fingerprint density at radius 3 is 2.04 bits per heavy atom. The highest BCUT2D eigenvalue weighted by molar-refractivity contribution is 5.78. The third-order valence-electron chi connectivity index (χ3n) is 4.98. The number of rotatable bonds is 6. The molecule has 1 saturated heterocycles. The number of carbonyl (C=O) groups is 2. The van der Waals surface area contributed by atoms with E-state index in [0.717, 1.165) is 24.2 Å². The molecule has 2 amide bonds. The van der Waals surface area contributed by atoms with Crippen molar-refractivity contribution in [3.05, 3.63) is 71.8 Å². The Bertz CT molecular complexity index is 720. The SMILES string of the molecule is CCOC(=O)N1CC[NH+](CC(=O)NC(c2ccccc2)c2ccccc2)CC1. The summed E-state index contributed by atoms with van der Waals surface area (Å²) in [6.07, 6.45) is -0.265. The van der Waals surface area contributed by atoms with E-state index in [4.69, 9.17) is 4.74 Å². The van der Waals surface area contributed by atoms with Crippen LogP contribution in [0.2, 0.25) is 0 Å². The fourth-order valence-corrected chi connectivity index (χ4v) is 3.49. The average molecular weight is 382 g/mol. The van der Waals surface area contributed by atoms with Gasteiger partial charge in [0, 0.05) is 0 Å². The number of hydrogen-bond acceptors (Lipinski definition) is 3. The van der Waals surface area contributed by atoms with Gasteiger partial charge in [-0.1, -0.05) is 60.7 Å². The van der Waals surface area contributed by atoms with Crippen LogP contribution in [0.1, 0.15) is 24.1 Å². The first-order valence-corrected chi connectivity index (χ1v) is 9.82. The summed E-state index contributed by atoms with van der Waals surface area (Å²) in [5, 5.41) is 3.19. The molecule has 0 aromatic heterocycles. The van der Waals surface area contributed by atoms with Crippen molar-refractivity contribution >= 4 is 12.0 Å². The Morgan fingerprint density at radius 2 is 1.54 bits per heavy atom. The third kappa shape index (κ3) is 5.33. The minimum atomic E-state index is -0.265. The molecule has 1 aliphatic rings. The Kier molecular flexibility index (Phi) is 7.03. The summed E-state index contributed by atoms with van der Waals surface area (Å²) in [6.45, 7) is 5.30. The summed E-state index contributed by atoms with van der Waals surface area (Å²) in [6, 6.07) is 19.8. The molecular weight excluding hydrogens is 354 g/mol. The molecule has 1 heterocycles. The van der Waals surface area contributed by atoms with Crippen molar-refractivity contribution in [3.63, 3.8) is 0 Å². The van der Waals surface area contributed by atoms with Crippen LogP contribution in [0.3, 0.4) is 0 Å². The van der Waals surface area contributed by atoms with Crippen LogP contribution in [0.25, 0.3) is 0 Å². The van der Waals surface area contributed by atoms with Gasteiger partial charge in [0.15, 0.2) is 6.54 Å². The molecule has 0 saturated carbocycles. The molecule has 0 aliphatic carbocycles. The number of nitrogens with one attached hydrogen (secondary N) is 2. The third-order valence-corrected chi connectivity index (χ3v) is 4.98. The molecule has 0 atom stereocenters. The molecule has 0 spiro atoms. The number of carbonyl (C=O) groups excluding carboxylic acids is 2. The maximum atomic E-state index is 12.7. The van der Waals surface area contributed by atoms with Crippen molar-refractivity contribution in [1.82, 2.24) is 10.2 Å². The molecule has 2 N–H and O–H groups in total. The van der Waals surface area contributed by atoms with Crippen LogP contribution < -0.4 is 10.2 Å². The second-order valence-corrected chi connectivity index (χ2v) is 6.93. The molecule has 0 radical (unpaired) electrons. The fourth-order valence-electron chi connectivity index (χ4n) is 3.49. The summed E-state index contributed by atoms with van der Waals surface area (Å²) in [4.78, 5) is 27.4. The van der Waals surface area contributed by atoms with E-state index >= 15 is 0 Å². The first-order chi connectivity index (χ1) is 13.7. The lowest BCUT2D eigenvalue weighted by molar-refractivity contribution is -0.896. The number of benzene rings is 2. The average Bonchev–Trinajstić information content (AvgIpc) is 2.74. The molecular formula is C22H28N3O3+. The molecule has 0 bridgehead atoms. The zero-order valence-corrected chi connectivity index (χ0v) is 16.3. The van der Waals surface area contributed by atoms with Gasteiger partial charge >= 0.3 is 6.09 Å². The van der Waals surface area contributed by atoms with E-state index in [1.807, 2.05) is 60.7 Å². The van der Waals surface area contributed by atoms with Gasteiger partial charge < -0.3 is 15.0 Å². The summed E-state index contributed by atoms with van der Waals surface area (Å²) in [5.74, 6) is 0.0114. The maximum Gasteiger partial charge on any atom is 0.410 e. The maximum absolute atomic E-state index is 12.7. The van der Waals surface area contributed by atoms with E-state index in [2.05, 4.69) is 5.32 Å². The number of ether oxygens (including phenoxy) is 1. The molecule has 2 aromatic carbocycles. The van der Waals surface area contributed by atoms with Crippen LogP contribution in [0.4, 0.5) is 4.79 Å². The van der Waals surface area contributed by atoms with E-state index in [1.165, 1.54) is 4.90 Å². The van der Waals surface area contributed by atoms with E-state index in [0.29, 0.717) is 26.2 Å². The lowest BCUT2D eigenvalue weighted by atomic mass is 9.99. The zero-order valence-electron chi connectivity index (χ0n) is 16.3. The molecule has 148 valence electrons. The van der Waals surface area contributed by atoms with E-state index in [-0.39, 0.29) is 18.0 Å². The fraction of sp³-hybridized carbons (Fsp3) is 0.364. The van der Waals surface area contributed by atoms with Crippen molar-refractivity contribution in [2.45, 2.75) is 13.0 Å². The van der Waals surface area contributed by atoms with Gasteiger partial charge in [-0.05, 0) is 18.1 Å². The number of hydrogen-bond donors (Lipinski definition) is 2. The van der Waals surface area contributed by atoms with Gasteiger partial charge in [0.2, 0.25) is 0 Å². The van der Waals surface area contributed by atoms with Crippen LogP contribution in [0.15, 0.2) is 60.7 Å². The largest absolute Gasteiger partial charge is 0.450 e. The first-order valence-electron chi connectivity index (χ1n) is 9.82. The first kappa shape index (κ1) is 19.9. The number of piperazine rings is 1. The monoisotopic (exact) mass is 382 g/mol. The second kappa shape index (κ2) is 9.90. The van der Waals surface area contributed by atoms with E-state index in [9.17, 15) is 9.59 Å². The van der Waals surface area contributed by atoms with Gasteiger partial charge in [0.05, 0.1) is 38.8 Å². The summed E-state index contributed by atoms with van der Waals surface area (Å²) in [7, 11) is 0. The van der Waals surface area contributed by atoms with Crippen molar-refractivity contribution in [2.75, 3.05) is 39.3 Å². The quantitative estimate of drug-likeness (QED) is 0.790. The van der Waals surface area contributed by atoms with Crippen molar-refractivity contribution < 1.29 is 19.2 Å². The number of nitrogens with zero attached hydrogens (tertiary/aromatic N) is 1.